The molecule has 4 heteroatoms. The highest BCUT2D eigenvalue weighted by molar-refractivity contribution is 7.81. The van der Waals surface area contributed by atoms with Gasteiger partial charge in [0, 0.05) is 16.4 Å². The maximum absolute atomic E-state index is 13.2. The van der Waals surface area contributed by atoms with Crippen LogP contribution >= 0.6 is 7.14 Å². The Morgan fingerprint density at radius 2 is 1.42 bits per heavy atom. The van der Waals surface area contributed by atoms with Crippen molar-refractivity contribution in [2.24, 2.45) is 0 Å². The zero-order valence-electron chi connectivity index (χ0n) is 10.5. The largest absolute Gasteiger partial charge is 0.616 e. The first-order valence-electron chi connectivity index (χ1n) is 5.81. The summed E-state index contributed by atoms with van der Waals surface area (Å²) in [5, 5.41) is 12.8. The van der Waals surface area contributed by atoms with Crippen LogP contribution in [-0.2, 0) is 9.30 Å². The third-order valence-electron chi connectivity index (χ3n) is 2.77. The molecule has 2 aromatic carbocycles. The van der Waals surface area contributed by atoms with Crippen molar-refractivity contribution in [1.82, 2.24) is 0 Å². The summed E-state index contributed by atoms with van der Waals surface area (Å²) in [6, 6.07) is 17.9. The molecule has 0 radical (unpaired) electrons. The number of methoxy groups -OCH3 is 1. The molecule has 98 valence electrons. The Balaban J connectivity index is 2.61. The van der Waals surface area contributed by atoms with Gasteiger partial charge in [0.15, 0.2) is 7.14 Å². The molecule has 0 fully saturated rings. The molecule has 0 aliphatic carbocycles. The molecule has 3 nitrogen and oxygen atoms in total. The average molecular weight is 273 g/mol. The first kappa shape index (κ1) is 13.4. The van der Waals surface area contributed by atoms with Crippen LogP contribution in [0.4, 0.5) is 0 Å². The standard InChI is InChI=1S/C15H15O3P/c1-18-15(16)12-19(17,13-8-4-2-5-9-13)14-10-6-3-7-11-14/h2-12,16H,1H3/p-1/b15-12+. The van der Waals surface area contributed by atoms with Crippen LogP contribution in [-0.4, -0.2) is 7.11 Å². The molecule has 0 bridgehead atoms. The van der Waals surface area contributed by atoms with Crippen molar-refractivity contribution < 1.29 is 14.4 Å². The molecule has 2 aromatic rings. The Morgan fingerprint density at radius 3 is 1.79 bits per heavy atom. The van der Waals surface area contributed by atoms with E-state index >= 15 is 0 Å². The van der Waals surface area contributed by atoms with E-state index in [4.69, 9.17) is 0 Å². The number of hydrogen-bond acceptors (Lipinski definition) is 3. The Kier molecular flexibility index (Phi) is 4.08. The normalized spacial score (nSPS) is 12.2. The molecule has 0 unspecified atom stereocenters. The van der Waals surface area contributed by atoms with Crippen molar-refractivity contribution in [2.45, 2.75) is 0 Å². The summed E-state index contributed by atoms with van der Waals surface area (Å²) in [7, 11) is -1.82. The minimum Gasteiger partial charge on any atom is -0.616 e. The highest BCUT2D eigenvalue weighted by atomic mass is 31.2. The average Bonchev–Trinajstić information content (AvgIpc) is 2.48. The van der Waals surface area contributed by atoms with Crippen molar-refractivity contribution in [3.63, 3.8) is 0 Å². The van der Waals surface area contributed by atoms with E-state index in [1.165, 1.54) is 12.9 Å². The number of rotatable bonds is 4. The molecule has 19 heavy (non-hydrogen) atoms. The highest BCUT2D eigenvalue weighted by Gasteiger charge is 2.24. The summed E-state index contributed by atoms with van der Waals surface area (Å²) in [5.41, 5.74) is 0. The molecule has 0 atom stereocenters. The van der Waals surface area contributed by atoms with Crippen molar-refractivity contribution in [2.75, 3.05) is 7.11 Å². The molecular formula is C15H14O3P-. The smallest absolute Gasteiger partial charge is 0.165 e. The van der Waals surface area contributed by atoms with E-state index in [0.717, 1.165) is 0 Å². The van der Waals surface area contributed by atoms with Gasteiger partial charge >= 0.3 is 0 Å². The zero-order valence-corrected chi connectivity index (χ0v) is 11.4. The minimum absolute atomic E-state index is 0.587. The fourth-order valence-electron chi connectivity index (χ4n) is 1.80. The summed E-state index contributed by atoms with van der Waals surface area (Å²) >= 11 is 0. The van der Waals surface area contributed by atoms with E-state index in [0.29, 0.717) is 10.6 Å². The number of hydrogen-bond donors (Lipinski definition) is 0. The maximum Gasteiger partial charge on any atom is 0.165 e. The summed E-state index contributed by atoms with van der Waals surface area (Å²) in [4.78, 5) is 0. The van der Waals surface area contributed by atoms with Gasteiger partial charge in [-0.25, -0.2) is 0 Å². The van der Waals surface area contributed by atoms with Gasteiger partial charge in [0.25, 0.3) is 0 Å². The monoisotopic (exact) mass is 273 g/mol. The van der Waals surface area contributed by atoms with E-state index in [-0.39, 0.29) is 0 Å². The molecule has 0 heterocycles. The molecule has 0 N–H and O–H groups in total. The maximum atomic E-state index is 13.2. The second-order valence-electron chi connectivity index (χ2n) is 3.98. The SMILES string of the molecule is CO/C([O-])=C/P(=O)(c1ccccc1)c1ccccc1. The molecule has 2 rings (SSSR count). The molecule has 0 spiro atoms. The first-order chi connectivity index (χ1) is 9.16. The second-order valence-corrected chi connectivity index (χ2v) is 6.59. The Bertz CT molecular complexity index is 562. The van der Waals surface area contributed by atoms with E-state index in [2.05, 4.69) is 4.74 Å². The number of ether oxygens (including phenoxy) is 1. The van der Waals surface area contributed by atoms with E-state index in [1.54, 1.807) is 48.5 Å². The fourth-order valence-corrected chi connectivity index (χ4v) is 4.03. The van der Waals surface area contributed by atoms with Crippen LogP contribution in [0.2, 0.25) is 0 Å². The van der Waals surface area contributed by atoms with Gasteiger partial charge in [-0.05, 0) is 7.11 Å². The lowest BCUT2D eigenvalue weighted by atomic mass is 10.4. The van der Waals surface area contributed by atoms with Crippen LogP contribution in [0.3, 0.4) is 0 Å². The van der Waals surface area contributed by atoms with Gasteiger partial charge in [0.2, 0.25) is 0 Å². The molecule has 0 aliphatic heterocycles. The second kappa shape index (κ2) is 5.77. The Labute approximate surface area is 112 Å². The first-order valence-corrected chi connectivity index (χ1v) is 7.59. The summed E-state index contributed by atoms with van der Waals surface area (Å²) < 4.78 is 17.9. The molecule has 0 amide bonds. The lowest BCUT2D eigenvalue weighted by molar-refractivity contribution is -0.352. The molecule has 0 saturated heterocycles. The van der Waals surface area contributed by atoms with Gasteiger partial charge in [0.05, 0.1) is 5.95 Å². The predicted molar refractivity (Wildman–Crippen MR) is 74.9 cm³/mol. The van der Waals surface area contributed by atoms with Crippen molar-refractivity contribution in [3.8, 4) is 0 Å². The van der Waals surface area contributed by atoms with Crippen molar-refractivity contribution in [3.05, 3.63) is 72.4 Å². The zero-order chi connectivity index (χ0) is 13.7. The van der Waals surface area contributed by atoms with Gasteiger partial charge < -0.3 is 14.4 Å². The Morgan fingerprint density at radius 1 is 1.00 bits per heavy atom. The molecule has 0 aromatic heterocycles. The van der Waals surface area contributed by atoms with Gasteiger partial charge in [-0.15, -0.1) is 0 Å². The van der Waals surface area contributed by atoms with Crippen LogP contribution in [0.15, 0.2) is 72.4 Å². The Hall–Kier alpha value is -1.99. The fraction of sp³-hybridized carbons (Fsp3) is 0.0667. The summed E-state index contributed by atoms with van der Waals surface area (Å²) in [6.45, 7) is 0. The van der Waals surface area contributed by atoms with Gasteiger partial charge in [0.1, 0.15) is 0 Å². The molecular weight excluding hydrogens is 259 g/mol. The van der Waals surface area contributed by atoms with E-state index < -0.39 is 13.1 Å². The van der Waals surface area contributed by atoms with Crippen LogP contribution < -0.4 is 15.7 Å². The quantitative estimate of drug-likeness (QED) is 0.630. The van der Waals surface area contributed by atoms with Gasteiger partial charge in [-0.3, -0.25) is 0 Å². The third-order valence-corrected chi connectivity index (χ3v) is 5.47. The highest BCUT2D eigenvalue weighted by Crippen LogP contribution is 2.45. The van der Waals surface area contributed by atoms with Crippen molar-refractivity contribution in [1.29, 1.82) is 0 Å². The lowest BCUT2D eigenvalue weighted by Crippen LogP contribution is -2.16. The topological polar surface area (TPSA) is 49.4 Å². The predicted octanol–water partition coefficient (Wildman–Crippen LogP) is 1.81. The minimum atomic E-state index is -3.10. The van der Waals surface area contributed by atoms with Gasteiger partial charge in [-0.1, -0.05) is 60.7 Å². The summed E-state index contributed by atoms with van der Waals surface area (Å²) in [6.07, 6.45) is 0. The van der Waals surface area contributed by atoms with Crippen LogP contribution in [0.25, 0.3) is 0 Å². The van der Waals surface area contributed by atoms with Crippen LogP contribution in [0, 0.1) is 0 Å². The van der Waals surface area contributed by atoms with E-state index in [9.17, 15) is 9.67 Å². The van der Waals surface area contributed by atoms with E-state index in [1.807, 2.05) is 12.1 Å². The van der Waals surface area contributed by atoms with Crippen LogP contribution in [0.5, 0.6) is 0 Å². The van der Waals surface area contributed by atoms with Crippen LogP contribution in [0.1, 0.15) is 0 Å². The third kappa shape index (κ3) is 2.88. The van der Waals surface area contributed by atoms with Crippen molar-refractivity contribution >= 4 is 17.8 Å². The van der Waals surface area contributed by atoms with Gasteiger partial charge in [-0.2, -0.15) is 0 Å². The lowest BCUT2D eigenvalue weighted by Gasteiger charge is -2.18. The number of benzene rings is 2. The summed E-state index contributed by atoms with van der Waals surface area (Å²) in [5.74, 6) is 0.591. The molecule has 0 aliphatic rings. The molecule has 0 saturated carbocycles.